The molecule has 1 rings (SSSR count). The molecule has 4 nitrogen and oxygen atoms in total. The van der Waals surface area contributed by atoms with E-state index in [4.69, 9.17) is 42.1 Å². The summed E-state index contributed by atoms with van der Waals surface area (Å²) in [5, 5.41) is 0.883. The molecule has 96 valence electrons. The molecule has 0 aliphatic carbocycles. The highest BCUT2D eigenvalue weighted by atomic mass is 35.5. The normalized spacial score (nSPS) is 10.4. The SMILES string of the molecule is COCOc1cc(OCOC)c(Cl)c(C)c1Cl. The molecule has 0 heterocycles. The Bertz CT molecular complexity index is 350. The van der Waals surface area contributed by atoms with E-state index in [9.17, 15) is 0 Å². The fourth-order valence-electron chi connectivity index (χ4n) is 1.17. The number of methoxy groups -OCH3 is 2. The molecule has 0 aliphatic rings. The van der Waals surface area contributed by atoms with Crippen LogP contribution in [0.2, 0.25) is 10.0 Å². The summed E-state index contributed by atoms with van der Waals surface area (Å²) in [7, 11) is 3.05. The summed E-state index contributed by atoms with van der Waals surface area (Å²) < 4.78 is 20.2. The Labute approximate surface area is 110 Å². The van der Waals surface area contributed by atoms with Gasteiger partial charge in [0.25, 0.3) is 0 Å². The molecule has 17 heavy (non-hydrogen) atoms. The predicted octanol–water partition coefficient (Wildman–Crippen LogP) is 3.27. The highest BCUT2D eigenvalue weighted by molar-refractivity contribution is 6.37. The molecule has 1 aromatic rings. The summed E-state index contributed by atoms with van der Waals surface area (Å²) in [5.74, 6) is 0.919. The second-order valence-corrected chi connectivity index (χ2v) is 3.98. The first-order valence-corrected chi connectivity index (χ1v) is 5.59. The van der Waals surface area contributed by atoms with Gasteiger partial charge in [-0.2, -0.15) is 0 Å². The largest absolute Gasteiger partial charge is 0.466 e. The maximum Gasteiger partial charge on any atom is 0.188 e. The lowest BCUT2D eigenvalue weighted by Gasteiger charge is -2.14. The zero-order chi connectivity index (χ0) is 12.8. The van der Waals surface area contributed by atoms with Gasteiger partial charge in [-0.1, -0.05) is 23.2 Å². The second-order valence-electron chi connectivity index (χ2n) is 3.23. The molecule has 6 heteroatoms. The predicted molar refractivity (Wildman–Crippen MR) is 66.2 cm³/mol. The first kappa shape index (κ1) is 14.4. The zero-order valence-corrected chi connectivity index (χ0v) is 11.4. The van der Waals surface area contributed by atoms with Crippen molar-refractivity contribution in [2.45, 2.75) is 6.92 Å². The molecule has 0 amide bonds. The van der Waals surface area contributed by atoms with Crippen LogP contribution < -0.4 is 9.47 Å². The molecule has 0 unspecified atom stereocenters. The van der Waals surface area contributed by atoms with Crippen molar-refractivity contribution in [3.8, 4) is 11.5 Å². The Hall–Kier alpha value is -0.680. The van der Waals surface area contributed by atoms with Gasteiger partial charge < -0.3 is 18.9 Å². The van der Waals surface area contributed by atoms with Gasteiger partial charge in [-0.15, -0.1) is 0 Å². The fraction of sp³-hybridized carbons (Fsp3) is 0.455. The Kier molecular flexibility index (Phi) is 5.85. The third kappa shape index (κ3) is 3.64. The lowest BCUT2D eigenvalue weighted by atomic mass is 10.2. The fourth-order valence-corrected chi connectivity index (χ4v) is 1.62. The Balaban J connectivity index is 3.01. The average Bonchev–Trinajstić information content (AvgIpc) is 2.34. The van der Waals surface area contributed by atoms with Crippen LogP contribution in [-0.4, -0.2) is 27.8 Å². The lowest BCUT2D eigenvalue weighted by molar-refractivity contribution is 0.0461. The zero-order valence-electron chi connectivity index (χ0n) is 9.88. The van der Waals surface area contributed by atoms with Gasteiger partial charge in [-0.25, -0.2) is 0 Å². The van der Waals surface area contributed by atoms with Gasteiger partial charge >= 0.3 is 0 Å². The summed E-state index contributed by atoms with van der Waals surface area (Å²) >= 11 is 12.2. The van der Waals surface area contributed by atoms with E-state index in [1.807, 2.05) is 0 Å². The molecule has 0 bridgehead atoms. The molecular weight excluding hydrogens is 267 g/mol. The van der Waals surface area contributed by atoms with Gasteiger partial charge in [-0.3, -0.25) is 0 Å². The molecule has 1 aromatic carbocycles. The molecule has 0 atom stereocenters. The number of hydrogen-bond donors (Lipinski definition) is 0. The van der Waals surface area contributed by atoms with E-state index < -0.39 is 0 Å². The molecule has 0 spiro atoms. The average molecular weight is 281 g/mol. The second kappa shape index (κ2) is 6.91. The lowest BCUT2D eigenvalue weighted by Crippen LogP contribution is -2.03. The van der Waals surface area contributed by atoms with Crippen LogP contribution in [0.15, 0.2) is 6.07 Å². The number of halogens is 2. The van der Waals surface area contributed by atoms with Crippen molar-refractivity contribution >= 4 is 23.2 Å². The van der Waals surface area contributed by atoms with Crippen molar-refractivity contribution in [3.63, 3.8) is 0 Å². The monoisotopic (exact) mass is 280 g/mol. The molecule has 0 aliphatic heterocycles. The minimum Gasteiger partial charge on any atom is -0.466 e. The van der Waals surface area contributed by atoms with Crippen molar-refractivity contribution in [1.82, 2.24) is 0 Å². The van der Waals surface area contributed by atoms with Crippen molar-refractivity contribution in [2.75, 3.05) is 27.8 Å². The first-order chi connectivity index (χ1) is 8.11. The topological polar surface area (TPSA) is 36.9 Å². The number of hydrogen-bond acceptors (Lipinski definition) is 4. The Morgan fingerprint density at radius 2 is 1.35 bits per heavy atom. The van der Waals surface area contributed by atoms with E-state index in [1.54, 1.807) is 13.0 Å². The number of benzene rings is 1. The van der Waals surface area contributed by atoms with E-state index in [2.05, 4.69) is 0 Å². The molecule has 0 aromatic heterocycles. The maximum absolute atomic E-state index is 6.09. The first-order valence-electron chi connectivity index (χ1n) is 4.83. The van der Waals surface area contributed by atoms with Gasteiger partial charge in [0.2, 0.25) is 0 Å². The van der Waals surface area contributed by atoms with E-state index in [0.29, 0.717) is 27.1 Å². The maximum atomic E-state index is 6.09. The van der Waals surface area contributed by atoms with Crippen molar-refractivity contribution in [2.24, 2.45) is 0 Å². The van der Waals surface area contributed by atoms with E-state index in [-0.39, 0.29) is 13.6 Å². The van der Waals surface area contributed by atoms with Crippen LogP contribution in [0.5, 0.6) is 11.5 Å². The van der Waals surface area contributed by atoms with Crippen molar-refractivity contribution < 1.29 is 18.9 Å². The summed E-state index contributed by atoms with van der Waals surface area (Å²) in [6, 6.07) is 1.61. The smallest absolute Gasteiger partial charge is 0.188 e. The molecule has 0 radical (unpaired) electrons. The van der Waals surface area contributed by atoms with Crippen LogP contribution in [0.25, 0.3) is 0 Å². The minimum absolute atomic E-state index is 0.102. The summed E-state index contributed by atoms with van der Waals surface area (Å²) in [6.45, 7) is 1.99. The molecule has 0 fully saturated rings. The van der Waals surface area contributed by atoms with Gasteiger partial charge in [0.1, 0.15) is 11.5 Å². The van der Waals surface area contributed by atoms with Crippen molar-refractivity contribution in [1.29, 1.82) is 0 Å². The van der Waals surface area contributed by atoms with E-state index >= 15 is 0 Å². The number of ether oxygens (including phenoxy) is 4. The van der Waals surface area contributed by atoms with E-state index in [0.717, 1.165) is 0 Å². The third-order valence-corrected chi connectivity index (χ3v) is 2.96. The van der Waals surface area contributed by atoms with E-state index in [1.165, 1.54) is 14.2 Å². The van der Waals surface area contributed by atoms with Crippen molar-refractivity contribution in [3.05, 3.63) is 21.7 Å². The highest BCUT2D eigenvalue weighted by Crippen LogP contribution is 2.39. The Morgan fingerprint density at radius 3 is 1.71 bits per heavy atom. The van der Waals surface area contributed by atoms with Crippen LogP contribution in [0.3, 0.4) is 0 Å². The quantitative estimate of drug-likeness (QED) is 0.750. The Morgan fingerprint density at radius 1 is 0.941 bits per heavy atom. The summed E-state index contributed by atoms with van der Waals surface area (Å²) in [6.07, 6.45) is 0. The number of rotatable bonds is 6. The molecule has 0 saturated carbocycles. The minimum atomic E-state index is 0.102. The van der Waals surface area contributed by atoms with Gasteiger partial charge in [0.05, 0.1) is 10.0 Å². The molecule has 0 N–H and O–H groups in total. The van der Waals surface area contributed by atoms with Crippen LogP contribution in [0, 0.1) is 6.92 Å². The van der Waals surface area contributed by atoms with Crippen LogP contribution in [0.1, 0.15) is 5.56 Å². The van der Waals surface area contributed by atoms with Gasteiger partial charge in [0.15, 0.2) is 13.6 Å². The summed E-state index contributed by atoms with van der Waals surface area (Å²) in [5.41, 5.74) is 0.688. The van der Waals surface area contributed by atoms with Crippen LogP contribution >= 0.6 is 23.2 Å². The van der Waals surface area contributed by atoms with Crippen LogP contribution in [-0.2, 0) is 9.47 Å². The van der Waals surface area contributed by atoms with Gasteiger partial charge in [0, 0.05) is 20.3 Å². The molecular formula is C11H14Cl2O4. The summed E-state index contributed by atoms with van der Waals surface area (Å²) in [4.78, 5) is 0. The van der Waals surface area contributed by atoms with Crippen LogP contribution in [0.4, 0.5) is 0 Å². The standard InChI is InChI=1S/C11H14Cl2O4/c1-7-10(12)8(16-5-14-2)4-9(11(7)13)17-6-15-3/h4H,5-6H2,1-3H3. The third-order valence-electron chi connectivity index (χ3n) is 2.02. The van der Waals surface area contributed by atoms with Gasteiger partial charge in [-0.05, 0) is 12.5 Å². The highest BCUT2D eigenvalue weighted by Gasteiger charge is 2.14. The molecule has 0 saturated heterocycles.